The third-order valence-corrected chi connectivity index (χ3v) is 3.05. The molecule has 0 atom stereocenters. The number of rotatable bonds is 4. The Kier molecular flexibility index (Phi) is 4.63. The molecule has 2 aromatic carbocycles. The molecular formula is C15H13ClF3NO. The van der Waals surface area contributed by atoms with Crippen LogP contribution in [0.15, 0.2) is 42.5 Å². The van der Waals surface area contributed by atoms with E-state index in [0.717, 1.165) is 11.3 Å². The van der Waals surface area contributed by atoms with Crippen molar-refractivity contribution in [3.05, 3.63) is 58.6 Å². The maximum absolute atomic E-state index is 12.2. The SMILES string of the molecule is Cc1ccc(NCc2cccc(OC(F)(F)F)c2)c(Cl)c1. The van der Waals surface area contributed by atoms with Crippen LogP contribution < -0.4 is 10.1 Å². The number of halogens is 4. The summed E-state index contributed by atoms with van der Waals surface area (Å²) in [4.78, 5) is 0. The van der Waals surface area contributed by atoms with Crippen molar-refractivity contribution >= 4 is 17.3 Å². The Morgan fingerprint density at radius 1 is 1.14 bits per heavy atom. The molecule has 0 aromatic heterocycles. The normalized spacial score (nSPS) is 11.3. The Morgan fingerprint density at radius 2 is 1.90 bits per heavy atom. The number of alkyl halides is 3. The zero-order chi connectivity index (χ0) is 15.5. The highest BCUT2D eigenvalue weighted by Crippen LogP contribution is 2.25. The van der Waals surface area contributed by atoms with E-state index < -0.39 is 6.36 Å². The number of hydrogen-bond acceptors (Lipinski definition) is 2. The number of nitrogens with one attached hydrogen (secondary N) is 1. The molecule has 0 spiro atoms. The molecule has 0 saturated heterocycles. The summed E-state index contributed by atoms with van der Waals surface area (Å²) in [6.07, 6.45) is -4.69. The second-order valence-corrected chi connectivity index (χ2v) is 4.94. The fourth-order valence-corrected chi connectivity index (χ4v) is 2.12. The summed E-state index contributed by atoms with van der Waals surface area (Å²) >= 11 is 6.08. The van der Waals surface area contributed by atoms with Crippen LogP contribution in [0.5, 0.6) is 5.75 Å². The molecular weight excluding hydrogens is 303 g/mol. The highest BCUT2D eigenvalue weighted by atomic mass is 35.5. The van der Waals surface area contributed by atoms with Crippen molar-refractivity contribution in [3.63, 3.8) is 0 Å². The molecule has 21 heavy (non-hydrogen) atoms. The van der Waals surface area contributed by atoms with Gasteiger partial charge in [-0.15, -0.1) is 13.2 Å². The van der Waals surface area contributed by atoms with Gasteiger partial charge in [-0.25, -0.2) is 0 Å². The Labute approximate surface area is 125 Å². The van der Waals surface area contributed by atoms with Crippen LogP contribution in [0.1, 0.15) is 11.1 Å². The molecule has 2 nitrogen and oxygen atoms in total. The van der Waals surface area contributed by atoms with Crippen LogP contribution in [0.25, 0.3) is 0 Å². The number of benzene rings is 2. The van der Waals surface area contributed by atoms with Gasteiger partial charge >= 0.3 is 6.36 Å². The van der Waals surface area contributed by atoms with Gasteiger partial charge in [0.2, 0.25) is 0 Å². The molecule has 0 amide bonds. The summed E-state index contributed by atoms with van der Waals surface area (Å²) in [5.74, 6) is -0.239. The fraction of sp³-hybridized carbons (Fsp3) is 0.200. The molecule has 0 fully saturated rings. The average molecular weight is 316 g/mol. The van der Waals surface area contributed by atoms with E-state index in [9.17, 15) is 13.2 Å². The van der Waals surface area contributed by atoms with Gasteiger partial charge in [0.1, 0.15) is 5.75 Å². The Bertz CT molecular complexity index is 629. The molecule has 1 N–H and O–H groups in total. The standard InChI is InChI=1S/C15H13ClF3NO/c1-10-5-6-14(13(16)7-10)20-9-11-3-2-4-12(8-11)21-15(17,18)19/h2-8,20H,9H2,1H3. The van der Waals surface area contributed by atoms with E-state index in [4.69, 9.17) is 11.6 Å². The van der Waals surface area contributed by atoms with Crippen LogP contribution in [0.4, 0.5) is 18.9 Å². The Balaban J connectivity index is 2.05. The van der Waals surface area contributed by atoms with Crippen molar-refractivity contribution in [2.75, 3.05) is 5.32 Å². The summed E-state index contributed by atoms with van der Waals surface area (Å²) < 4.78 is 40.4. The monoisotopic (exact) mass is 315 g/mol. The number of anilines is 1. The van der Waals surface area contributed by atoms with Crippen molar-refractivity contribution < 1.29 is 17.9 Å². The lowest BCUT2D eigenvalue weighted by Crippen LogP contribution is -2.17. The predicted molar refractivity (Wildman–Crippen MR) is 76.6 cm³/mol. The van der Waals surface area contributed by atoms with Crippen molar-refractivity contribution in [1.82, 2.24) is 0 Å². The molecule has 0 radical (unpaired) electrons. The van der Waals surface area contributed by atoms with Gasteiger partial charge in [-0.3, -0.25) is 0 Å². The Hall–Kier alpha value is -1.88. The molecule has 0 unspecified atom stereocenters. The van der Waals surface area contributed by atoms with Crippen molar-refractivity contribution in [1.29, 1.82) is 0 Å². The van der Waals surface area contributed by atoms with Gasteiger partial charge < -0.3 is 10.1 Å². The second kappa shape index (κ2) is 6.26. The van der Waals surface area contributed by atoms with E-state index in [1.165, 1.54) is 18.2 Å². The molecule has 0 aliphatic carbocycles. The van der Waals surface area contributed by atoms with Gasteiger partial charge in [0, 0.05) is 6.54 Å². The summed E-state index contributed by atoms with van der Waals surface area (Å²) in [6.45, 7) is 2.27. The van der Waals surface area contributed by atoms with Gasteiger partial charge in [-0.05, 0) is 42.3 Å². The fourth-order valence-electron chi connectivity index (χ4n) is 1.81. The molecule has 0 saturated carbocycles. The molecule has 2 rings (SSSR count). The first-order valence-corrected chi connectivity index (χ1v) is 6.56. The van der Waals surface area contributed by atoms with Crippen LogP contribution in [0.3, 0.4) is 0 Å². The molecule has 0 aliphatic heterocycles. The molecule has 2 aromatic rings. The number of hydrogen-bond donors (Lipinski definition) is 1. The minimum atomic E-state index is -4.69. The van der Waals surface area contributed by atoms with E-state index >= 15 is 0 Å². The molecule has 112 valence electrons. The predicted octanol–water partition coefficient (Wildman–Crippen LogP) is 5.16. The second-order valence-electron chi connectivity index (χ2n) is 4.53. The minimum absolute atomic E-state index is 0.239. The zero-order valence-electron chi connectivity index (χ0n) is 11.2. The molecule has 6 heteroatoms. The minimum Gasteiger partial charge on any atom is -0.406 e. The lowest BCUT2D eigenvalue weighted by Gasteiger charge is -2.12. The first-order valence-electron chi connectivity index (χ1n) is 6.18. The largest absolute Gasteiger partial charge is 0.573 e. The summed E-state index contributed by atoms with van der Waals surface area (Å²) in [6, 6.07) is 11.4. The maximum atomic E-state index is 12.2. The van der Waals surface area contributed by atoms with Gasteiger partial charge in [0.25, 0.3) is 0 Å². The van der Waals surface area contributed by atoms with Crippen molar-refractivity contribution in [2.24, 2.45) is 0 Å². The maximum Gasteiger partial charge on any atom is 0.573 e. The van der Waals surface area contributed by atoms with E-state index in [1.54, 1.807) is 6.07 Å². The zero-order valence-corrected chi connectivity index (χ0v) is 11.9. The lowest BCUT2D eigenvalue weighted by atomic mass is 10.2. The van der Waals surface area contributed by atoms with Gasteiger partial charge in [-0.1, -0.05) is 29.8 Å². The van der Waals surface area contributed by atoms with Crippen LogP contribution in [0.2, 0.25) is 5.02 Å². The van der Waals surface area contributed by atoms with E-state index in [-0.39, 0.29) is 5.75 Å². The van der Waals surface area contributed by atoms with E-state index in [1.807, 2.05) is 25.1 Å². The van der Waals surface area contributed by atoms with Gasteiger partial charge in [0.05, 0.1) is 10.7 Å². The van der Waals surface area contributed by atoms with Crippen LogP contribution in [-0.4, -0.2) is 6.36 Å². The third-order valence-electron chi connectivity index (χ3n) is 2.74. The molecule has 0 aliphatic rings. The quantitative estimate of drug-likeness (QED) is 0.841. The molecule has 0 heterocycles. The number of ether oxygens (including phenoxy) is 1. The van der Waals surface area contributed by atoms with Crippen LogP contribution in [-0.2, 0) is 6.54 Å². The van der Waals surface area contributed by atoms with E-state index in [2.05, 4.69) is 10.1 Å². The van der Waals surface area contributed by atoms with Crippen LogP contribution in [0, 0.1) is 6.92 Å². The van der Waals surface area contributed by atoms with Crippen molar-refractivity contribution in [3.8, 4) is 5.75 Å². The topological polar surface area (TPSA) is 21.3 Å². The Morgan fingerprint density at radius 3 is 2.57 bits per heavy atom. The van der Waals surface area contributed by atoms with Gasteiger partial charge in [0.15, 0.2) is 0 Å². The highest BCUT2D eigenvalue weighted by Gasteiger charge is 2.31. The van der Waals surface area contributed by atoms with Gasteiger partial charge in [-0.2, -0.15) is 0 Å². The molecule has 0 bridgehead atoms. The third kappa shape index (κ3) is 4.86. The average Bonchev–Trinajstić information content (AvgIpc) is 2.36. The van der Waals surface area contributed by atoms with E-state index in [0.29, 0.717) is 17.1 Å². The van der Waals surface area contributed by atoms with Crippen LogP contribution >= 0.6 is 11.6 Å². The lowest BCUT2D eigenvalue weighted by molar-refractivity contribution is -0.274. The number of aryl methyl sites for hydroxylation is 1. The summed E-state index contributed by atoms with van der Waals surface area (Å²) in [5, 5.41) is 3.65. The summed E-state index contributed by atoms with van der Waals surface area (Å²) in [5.41, 5.74) is 2.42. The highest BCUT2D eigenvalue weighted by molar-refractivity contribution is 6.33. The smallest absolute Gasteiger partial charge is 0.406 e. The van der Waals surface area contributed by atoms with Crippen molar-refractivity contribution in [2.45, 2.75) is 19.8 Å². The summed E-state index contributed by atoms with van der Waals surface area (Å²) in [7, 11) is 0. The first-order chi connectivity index (χ1) is 9.83. The first kappa shape index (κ1) is 15.5.